The number of carbonyl (C=O) groups is 2. The Hall–Kier alpha value is -1.56. The van der Waals surface area contributed by atoms with E-state index in [2.05, 4.69) is 0 Å². The number of ether oxygens (including phenoxy) is 1. The van der Waals surface area contributed by atoms with Gasteiger partial charge in [0, 0.05) is 31.1 Å². The zero-order valence-corrected chi connectivity index (χ0v) is 14.7. The lowest BCUT2D eigenvalue weighted by Crippen LogP contribution is -2.46. The number of hydrogen-bond donors (Lipinski definition) is 0. The Bertz CT molecular complexity index is 593. The molecule has 2 fully saturated rings. The van der Waals surface area contributed by atoms with Gasteiger partial charge in [-0.15, -0.1) is 11.3 Å². The number of methoxy groups -OCH3 is 1. The number of amides is 2. The molecule has 1 aromatic rings. The van der Waals surface area contributed by atoms with Crippen molar-refractivity contribution in [1.82, 2.24) is 9.80 Å². The molecule has 23 heavy (non-hydrogen) atoms. The third-order valence-corrected chi connectivity index (χ3v) is 5.73. The normalized spacial score (nSPS) is 21.6. The fraction of sp³-hybridized carbons (Fsp3) is 0.647. The van der Waals surface area contributed by atoms with E-state index >= 15 is 0 Å². The van der Waals surface area contributed by atoms with E-state index < -0.39 is 0 Å². The molecule has 1 aromatic heterocycles. The molecule has 3 heterocycles. The zero-order chi connectivity index (χ0) is 16.4. The van der Waals surface area contributed by atoms with Crippen LogP contribution in [0.4, 0.5) is 0 Å². The van der Waals surface area contributed by atoms with Gasteiger partial charge in [-0.3, -0.25) is 9.59 Å². The summed E-state index contributed by atoms with van der Waals surface area (Å²) < 4.78 is 5.32. The van der Waals surface area contributed by atoms with Gasteiger partial charge >= 0.3 is 0 Å². The Kier molecular flexibility index (Phi) is 4.90. The number of likely N-dealkylation sites (tertiary alicyclic amines) is 2. The first kappa shape index (κ1) is 16.3. The molecule has 5 nitrogen and oxygen atoms in total. The molecular weight excluding hydrogens is 312 g/mol. The molecule has 0 unspecified atom stereocenters. The van der Waals surface area contributed by atoms with Crippen LogP contribution >= 0.6 is 11.3 Å². The molecule has 2 amide bonds. The summed E-state index contributed by atoms with van der Waals surface area (Å²) in [6, 6.07) is 1.90. The smallest absolute Gasteiger partial charge is 0.267 e. The molecule has 0 radical (unpaired) electrons. The zero-order valence-electron chi connectivity index (χ0n) is 13.8. The van der Waals surface area contributed by atoms with Crippen molar-refractivity contribution in [3.05, 3.63) is 15.8 Å². The van der Waals surface area contributed by atoms with E-state index in [1.54, 1.807) is 7.11 Å². The molecule has 0 N–H and O–H groups in total. The minimum Gasteiger partial charge on any atom is -0.495 e. The first-order valence-electron chi connectivity index (χ1n) is 8.32. The highest BCUT2D eigenvalue weighted by Crippen LogP contribution is 2.31. The van der Waals surface area contributed by atoms with Crippen LogP contribution in [0, 0.1) is 12.8 Å². The van der Waals surface area contributed by atoms with Crippen LogP contribution in [-0.2, 0) is 4.79 Å². The van der Waals surface area contributed by atoms with Crippen molar-refractivity contribution in [2.75, 3.05) is 33.3 Å². The van der Waals surface area contributed by atoms with E-state index in [0.717, 1.165) is 50.2 Å². The van der Waals surface area contributed by atoms with Crippen LogP contribution in [0.1, 0.15) is 40.2 Å². The summed E-state index contributed by atoms with van der Waals surface area (Å²) >= 11 is 1.46. The fourth-order valence-corrected chi connectivity index (χ4v) is 4.44. The van der Waals surface area contributed by atoms with Crippen molar-refractivity contribution >= 4 is 23.2 Å². The highest BCUT2D eigenvalue weighted by molar-refractivity contribution is 7.14. The van der Waals surface area contributed by atoms with E-state index in [0.29, 0.717) is 17.2 Å². The van der Waals surface area contributed by atoms with Gasteiger partial charge in [-0.25, -0.2) is 0 Å². The number of thiophene rings is 1. The maximum Gasteiger partial charge on any atom is 0.267 e. The van der Waals surface area contributed by atoms with Crippen molar-refractivity contribution in [1.29, 1.82) is 0 Å². The Balaban J connectivity index is 1.70. The third kappa shape index (κ3) is 3.37. The molecule has 2 saturated heterocycles. The molecule has 0 bridgehead atoms. The van der Waals surface area contributed by atoms with Crippen LogP contribution in [-0.4, -0.2) is 54.9 Å². The highest BCUT2D eigenvalue weighted by Gasteiger charge is 2.33. The maximum absolute atomic E-state index is 12.8. The monoisotopic (exact) mass is 336 g/mol. The second-order valence-corrected chi connectivity index (χ2v) is 7.63. The van der Waals surface area contributed by atoms with Crippen LogP contribution in [0.2, 0.25) is 0 Å². The van der Waals surface area contributed by atoms with Gasteiger partial charge in [0.05, 0.1) is 13.0 Å². The lowest BCUT2D eigenvalue weighted by Gasteiger charge is -2.33. The Morgan fingerprint density at radius 3 is 2.57 bits per heavy atom. The van der Waals surface area contributed by atoms with Gasteiger partial charge in [0.1, 0.15) is 10.6 Å². The van der Waals surface area contributed by atoms with Crippen molar-refractivity contribution in [2.24, 2.45) is 5.92 Å². The number of piperidine rings is 1. The second kappa shape index (κ2) is 6.91. The average molecular weight is 336 g/mol. The highest BCUT2D eigenvalue weighted by atomic mass is 32.1. The number of aryl methyl sites for hydroxylation is 1. The quantitative estimate of drug-likeness (QED) is 0.852. The van der Waals surface area contributed by atoms with Crippen molar-refractivity contribution in [2.45, 2.75) is 32.6 Å². The molecule has 0 aliphatic carbocycles. The van der Waals surface area contributed by atoms with Crippen molar-refractivity contribution in [3.8, 4) is 5.75 Å². The molecule has 0 saturated carbocycles. The van der Waals surface area contributed by atoms with E-state index in [1.807, 2.05) is 22.8 Å². The maximum atomic E-state index is 12.8. The molecule has 2 aliphatic rings. The van der Waals surface area contributed by atoms with Crippen LogP contribution in [0.5, 0.6) is 5.75 Å². The summed E-state index contributed by atoms with van der Waals surface area (Å²) in [7, 11) is 1.59. The molecule has 1 atom stereocenters. The lowest BCUT2D eigenvalue weighted by atomic mass is 9.96. The van der Waals surface area contributed by atoms with Gasteiger partial charge in [0.25, 0.3) is 5.91 Å². The number of nitrogens with zero attached hydrogens (tertiary/aromatic N) is 2. The molecule has 3 rings (SSSR count). The number of rotatable bonds is 3. The predicted molar refractivity (Wildman–Crippen MR) is 90.0 cm³/mol. The number of carbonyl (C=O) groups excluding carboxylic acids is 2. The minimum absolute atomic E-state index is 0.00104. The Labute approximate surface area is 141 Å². The first-order chi connectivity index (χ1) is 11.1. The molecule has 126 valence electrons. The van der Waals surface area contributed by atoms with E-state index in [-0.39, 0.29) is 17.7 Å². The van der Waals surface area contributed by atoms with Gasteiger partial charge in [0.15, 0.2) is 0 Å². The third-order valence-electron chi connectivity index (χ3n) is 4.71. The van der Waals surface area contributed by atoms with Crippen LogP contribution in [0.3, 0.4) is 0 Å². The molecule has 0 spiro atoms. The van der Waals surface area contributed by atoms with Gasteiger partial charge in [-0.1, -0.05) is 0 Å². The summed E-state index contributed by atoms with van der Waals surface area (Å²) in [4.78, 5) is 30.9. The van der Waals surface area contributed by atoms with Gasteiger partial charge < -0.3 is 14.5 Å². The van der Waals surface area contributed by atoms with E-state index in [1.165, 1.54) is 11.3 Å². The molecule has 0 aromatic carbocycles. The summed E-state index contributed by atoms with van der Waals surface area (Å²) in [5, 5.41) is 0. The largest absolute Gasteiger partial charge is 0.495 e. The summed E-state index contributed by atoms with van der Waals surface area (Å²) in [6.45, 7) is 4.99. The van der Waals surface area contributed by atoms with E-state index in [4.69, 9.17) is 4.74 Å². The van der Waals surface area contributed by atoms with E-state index in [9.17, 15) is 9.59 Å². The summed E-state index contributed by atoms with van der Waals surface area (Å²) in [5.74, 6) is 0.830. The topological polar surface area (TPSA) is 49.9 Å². The van der Waals surface area contributed by atoms with Crippen LogP contribution in [0.25, 0.3) is 0 Å². The van der Waals surface area contributed by atoms with Crippen LogP contribution < -0.4 is 4.74 Å². The summed E-state index contributed by atoms with van der Waals surface area (Å²) in [5.41, 5.74) is 0. The minimum atomic E-state index is -0.0437. The predicted octanol–water partition coefficient (Wildman–Crippen LogP) is 2.54. The summed E-state index contributed by atoms with van der Waals surface area (Å²) in [6.07, 6.45) is 3.99. The van der Waals surface area contributed by atoms with Crippen molar-refractivity contribution < 1.29 is 14.3 Å². The number of hydrogen-bond acceptors (Lipinski definition) is 4. The standard InChI is InChI=1S/C17H24N2O3S/c1-12-10-14(22-2)15(23-12)17(21)19-9-5-6-13(11-19)16(20)18-7-3-4-8-18/h10,13H,3-9,11H2,1-2H3/t13-/m1/s1. The van der Waals surface area contributed by atoms with Crippen molar-refractivity contribution in [3.63, 3.8) is 0 Å². The van der Waals surface area contributed by atoms with Crippen LogP contribution in [0.15, 0.2) is 6.07 Å². The van der Waals surface area contributed by atoms with Gasteiger partial charge in [0.2, 0.25) is 5.91 Å². The lowest BCUT2D eigenvalue weighted by molar-refractivity contribution is -0.135. The van der Waals surface area contributed by atoms with Gasteiger partial charge in [-0.05, 0) is 38.7 Å². The first-order valence-corrected chi connectivity index (χ1v) is 9.14. The molecule has 6 heteroatoms. The Morgan fingerprint density at radius 1 is 1.17 bits per heavy atom. The average Bonchev–Trinajstić information content (AvgIpc) is 3.22. The molecule has 2 aliphatic heterocycles. The molecular formula is C17H24N2O3S. The fourth-order valence-electron chi connectivity index (χ4n) is 3.49. The SMILES string of the molecule is COc1cc(C)sc1C(=O)N1CCC[C@@H](C(=O)N2CCCC2)C1. The van der Waals surface area contributed by atoms with Gasteiger partial charge in [-0.2, -0.15) is 0 Å². The second-order valence-electron chi connectivity index (χ2n) is 6.38. The Morgan fingerprint density at radius 2 is 1.87 bits per heavy atom.